The van der Waals surface area contributed by atoms with Crippen LogP contribution in [-0.4, -0.2) is 15.9 Å². The molecule has 2 aromatic carbocycles. The highest BCUT2D eigenvalue weighted by Crippen LogP contribution is 2.43. The van der Waals surface area contributed by atoms with Gasteiger partial charge in [-0.05, 0) is 47.9 Å². The molecule has 33 heavy (non-hydrogen) atoms. The summed E-state index contributed by atoms with van der Waals surface area (Å²) >= 11 is 1.43. The van der Waals surface area contributed by atoms with Crippen LogP contribution in [0.2, 0.25) is 0 Å². The van der Waals surface area contributed by atoms with Crippen molar-refractivity contribution in [3.8, 4) is 0 Å². The minimum Gasteiger partial charge on any atom is -0.450 e. The first kappa shape index (κ1) is 19.8. The number of carbonyl (C=O) groups excluding carboxylic acids is 1. The number of nitrogens with zero attached hydrogens (tertiary/aromatic N) is 3. The van der Waals surface area contributed by atoms with Crippen LogP contribution in [0, 0.1) is 0 Å². The number of fused-ring (bicyclic) bond motifs is 3. The van der Waals surface area contributed by atoms with Gasteiger partial charge < -0.3 is 4.42 Å². The fourth-order valence-corrected chi connectivity index (χ4v) is 5.37. The number of thiazole rings is 1. The van der Waals surface area contributed by atoms with E-state index in [1.807, 2.05) is 18.2 Å². The summed E-state index contributed by atoms with van der Waals surface area (Å²) in [6, 6.07) is 17.9. The van der Waals surface area contributed by atoms with Crippen molar-refractivity contribution in [3.63, 3.8) is 0 Å². The molecule has 1 aliphatic heterocycles. The molecule has 1 unspecified atom stereocenters. The second kappa shape index (κ2) is 7.35. The number of hydrogen-bond donors (Lipinski definition) is 0. The SMILES string of the molecule is CC(C)c1ccc2nc(N3C(=O)c4oc5ccccc5c(=O)c4C3c3ccccn3)sc2c1. The molecule has 4 heterocycles. The number of rotatable bonds is 3. The molecule has 1 aliphatic rings. The number of hydrogen-bond acceptors (Lipinski definition) is 6. The molecule has 5 aromatic rings. The number of carbonyl (C=O) groups is 1. The maximum atomic E-state index is 13.7. The Labute approximate surface area is 193 Å². The lowest BCUT2D eigenvalue weighted by molar-refractivity contribution is 0.0970. The Morgan fingerprint density at radius 2 is 1.85 bits per heavy atom. The molecule has 162 valence electrons. The number of anilines is 1. The second-order valence-corrected chi connectivity index (χ2v) is 9.39. The Morgan fingerprint density at radius 1 is 1.03 bits per heavy atom. The first-order valence-corrected chi connectivity index (χ1v) is 11.6. The van der Waals surface area contributed by atoms with Gasteiger partial charge in [0.05, 0.1) is 26.9 Å². The lowest BCUT2D eigenvalue weighted by Gasteiger charge is -2.21. The van der Waals surface area contributed by atoms with Crippen molar-refractivity contribution < 1.29 is 9.21 Å². The van der Waals surface area contributed by atoms with Crippen LogP contribution in [0.3, 0.4) is 0 Å². The van der Waals surface area contributed by atoms with Gasteiger partial charge in [0, 0.05) is 6.20 Å². The summed E-state index contributed by atoms with van der Waals surface area (Å²) in [5.74, 6) is 0.0521. The summed E-state index contributed by atoms with van der Waals surface area (Å²) in [5, 5.41) is 0.958. The number of pyridine rings is 1. The summed E-state index contributed by atoms with van der Waals surface area (Å²) in [7, 11) is 0. The average Bonchev–Trinajstić information content (AvgIpc) is 3.38. The minimum absolute atomic E-state index is 0.0523. The fourth-order valence-electron chi connectivity index (χ4n) is 4.33. The van der Waals surface area contributed by atoms with Crippen LogP contribution in [0.5, 0.6) is 0 Å². The molecule has 0 saturated heterocycles. The molecule has 0 fully saturated rings. The molecule has 3 aromatic heterocycles. The van der Waals surface area contributed by atoms with E-state index in [1.165, 1.54) is 16.9 Å². The Morgan fingerprint density at radius 3 is 2.64 bits per heavy atom. The number of aromatic nitrogens is 2. The van der Waals surface area contributed by atoms with Crippen molar-refractivity contribution in [3.05, 3.63) is 99.7 Å². The van der Waals surface area contributed by atoms with Gasteiger partial charge in [0.15, 0.2) is 10.6 Å². The first-order chi connectivity index (χ1) is 16.0. The van der Waals surface area contributed by atoms with Gasteiger partial charge in [0.2, 0.25) is 5.76 Å². The van der Waals surface area contributed by atoms with Gasteiger partial charge in [-0.25, -0.2) is 4.98 Å². The van der Waals surface area contributed by atoms with Crippen LogP contribution in [0.25, 0.3) is 21.2 Å². The van der Waals surface area contributed by atoms with Crippen LogP contribution >= 0.6 is 11.3 Å². The summed E-state index contributed by atoms with van der Waals surface area (Å²) < 4.78 is 6.97. The molecule has 1 atom stereocenters. The molecule has 0 N–H and O–H groups in total. The van der Waals surface area contributed by atoms with Crippen molar-refractivity contribution in [2.24, 2.45) is 0 Å². The van der Waals surface area contributed by atoms with Crippen molar-refractivity contribution >= 4 is 43.6 Å². The third-order valence-corrected chi connectivity index (χ3v) is 7.04. The highest BCUT2D eigenvalue weighted by atomic mass is 32.1. The van der Waals surface area contributed by atoms with Gasteiger partial charge in [-0.3, -0.25) is 19.5 Å². The minimum atomic E-state index is -0.709. The summed E-state index contributed by atoms with van der Waals surface area (Å²) in [6.07, 6.45) is 1.66. The predicted octanol–water partition coefficient (Wildman–Crippen LogP) is 5.67. The standard InChI is InChI=1S/C26H19N3O3S/c1-14(2)15-10-11-17-20(13-15)33-26(28-17)29-22(18-8-5-6-12-27-18)21-23(30)16-7-3-4-9-19(16)32-24(21)25(29)31/h3-14,22H,1-2H3. The van der Waals surface area contributed by atoms with E-state index in [2.05, 4.69) is 31.0 Å². The van der Waals surface area contributed by atoms with Crippen LogP contribution in [-0.2, 0) is 0 Å². The van der Waals surface area contributed by atoms with Crippen molar-refractivity contribution in [2.45, 2.75) is 25.8 Å². The van der Waals surface area contributed by atoms with Crippen molar-refractivity contribution in [1.82, 2.24) is 9.97 Å². The third kappa shape index (κ3) is 3.00. The van der Waals surface area contributed by atoms with Gasteiger partial charge in [-0.2, -0.15) is 0 Å². The smallest absolute Gasteiger partial charge is 0.297 e. The van der Waals surface area contributed by atoms with Crippen LogP contribution in [0.4, 0.5) is 5.13 Å². The molecule has 1 amide bonds. The zero-order valence-electron chi connectivity index (χ0n) is 18.0. The van der Waals surface area contributed by atoms with E-state index in [1.54, 1.807) is 41.4 Å². The Hall–Kier alpha value is -3.84. The van der Waals surface area contributed by atoms with E-state index in [-0.39, 0.29) is 17.1 Å². The zero-order chi connectivity index (χ0) is 22.7. The Balaban J connectivity index is 1.60. The van der Waals surface area contributed by atoms with Crippen molar-refractivity contribution in [2.75, 3.05) is 4.90 Å². The number of benzene rings is 2. The lowest BCUT2D eigenvalue weighted by atomic mass is 10.0. The molecule has 0 radical (unpaired) electrons. The molecule has 0 bridgehead atoms. The summed E-state index contributed by atoms with van der Waals surface area (Å²) in [5.41, 5.74) is 3.09. The molecule has 0 spiro atoms. The summed E-state index contributed by atoms with van der Waals surface area (Å²) in [6.45, 7) is 4.28. The number of amides is 1. The highest BCUT2D eigenvalue weighted by molar-refractivity contribution is 7.22. The van der Waals surface area contributed by atoms with E-state index in [4.69, 9.17) is 9.40 Å². The van der Waals surface area contributed by atoms with E-state index in [0.717, 1.165) is 10.2 Å². The third-order valence-electron chi connectivity index (χ3n) is 6.02. The lowest BCUT2D eigenvalue weighted by Crippen LogP contribution is -2.29. The van der Waals surface area contributed by atoms with E-state index in [0.29, 0.717) is 33.3 Å². The molecule has 7 heteroatoms. The van der Waals surface area contributed by atoms with E-state index >= 15 is 0 Å². The average molecular weight is 454 g/mol. The van der Waals surface area contributed by atoms with Crippen LogP contribution in [0.1, 0.15) is 53.2 Å². The molecular formula is C26H19N3O3S. The quantitative estimate of drug-likeness (QED) is 0.352. The van der Waals surface area contributed by atoms with E-state index < -0.39 is 6.04 Å². The van der Waals surface area contributed by atoms with E-state index in [9.17, 15) is 9.59 Å². The van der Waals surface area contributed by atoms with Gasteiger partial charge in [-0.15, -0.1) is 0 Å². The fraction of sp³-hybridized carbons (Fsp3) is 0.154. The van der Waals surface area contributed by atoms with Gasteiger partial charge in [0.25, 0.3) is 5.91 Å². The molecule has 0 saturated carbocycles. The maximum absolute atomic E-state index is 13.7. The molecule has 6 nitrogen and oxygen atoms in total. The van der Waals surface area contributed by atoms with Crippen LogP contribution in [0.15, 0.2) is 76.1 Å². The second-order valence-electron chi connectivity index (χ2n) is 8.38. The van der Waals surface area contributed by atoms with Crippen molar-refractivity contribution in [1.29, 1.82) is 0 Å². The molecule has 0 aliphatic carbocycles. The predicted molar refractivity (Wildman–Crippen MR) is 129 cm³/mol. The van der Waals surface area contributed by atoms with Gasteiger partial charge >= 0.3 is 0 Å². The normalized spacial score (nSPS) is 15.7. The highest BCUT2D eigenvalue weighted by Gasteiger charge is 2.45. The largest absolute Gasteiger partial charge is 0.450 e. The number of para-hydroxylation sites is 1. The maximum Gasteiger partial charge on any atom is 0.297 e. The van der Waals surface area contributed by atoms with Gasteiger partial charge in [0.1, 0.15) is 11.6 Å². The van der Waals surface area contributed by atoms with Gasteiger partial charge in [-0.1, -0.05) is 49.4 Å². The first-order valence-electron chi connectivity index (χ1n) is 10.7. The topological polar surface area (TPSA) is 76.3 Å². The molecular weight excluding hydrogens is 434 g/mol. The Kier molecular flexibility index (Phi) is 4.41. The summed E-state index contributed by atoms with van der Waals surface area (Å²) in [4.78, 5) is 38.0. The molecule has 6 rings (SSSR count). The monoisotopic (exact) mass is 453 g/mol. The van der Waals surface area contributed by atoms with Crippen LogP contribution < -0.4 is 10.3 Å². The Bertz CT molecular complexity index is 1600. The zero-order valence-corrected chi connectivity index (χ0v) is 18.8.